The van der Waals surface area contributed by atoms with Gasteiger partial charge in [-0.1, -0.05) is 30.3 Å². The Balaban J connectivity index is 2.14. The Kier molecular flexibility index (Phi) is 7.31. The number of carbonyl (C=O) groups excluding carboxylic acids is 2. The van der Waals surface area contributed by atoms with Crippen LogP contribution in [0.5, 0.6) is 0 Å². The standard InChI is InChI=1S/C14H21N3O3/c15-12(7-6-11-4-2-1-3-5-11)14(19)17-8-9-20-10-13(16)18/h1-5,12H,6-10,15H2,(H2,16,18)(H,17,19). The van der Waals surface area contributed by atoms with E-state index in [0.717, 1.165) is 12.0 Å². The molecule has 0 saturated heterocycles. The van der Waals surface area contributed by atoms with Gasteiger partial charge < -0.3 is 21.5 Å². The Morgan fingerprint density at radius 2 is 1.95 bits per heavy atom. The molecular weight excluding hydrogens is 258 g/mol. The first-order valence-electron chi connectivity index (χ1n) is 6.53. The average molecular weight is 279 g/mol. The Morgan fingerprint density at radius 3 is 2.60 bits per heavy atom. The Bertz CT molecular complexity index is 423. The van der Waals surface area contributed by atoms with Crippen molar-refractivity contribution < 1.29 is 14.3 Å². The molecule has 6 nitrogen and oxygen atoms in total. The number of benzene rings is 1. The van der Waals surface area contributed by atoms with Crippen LogP contribution in [-0.4, -0.2) is 37.6 Å². The van der Waals surface area contributed by atoms with Gasteiger partial charge in [-0.05, 0) is 18.4 Å². The van der Waals surface area contributed by atoms with Crippen LogP contribution in [0.3, 0.4) is 0 Å². The van der Waals surface area contributed by atoms with E-state index in [-0.39, 0.29) is 19.1 Å². The molecule has 0 bridgehead atoms. The molecule has 110 valence electrons. The smallest absolute Gasteiger partial charge is 0.243 e. The first-order chi connectivity index (χ1) is 9.59. The van der Waals surface area contributed by atoms with Gasteiger partial charge in [0.05, 0.1) is 12.6 Å². The van der Waals surface area contributed by atoms with Crippen molar-refractivity contribution in [1.29, 1.82) is 0 Å². The highest BCUT2D eigenvalue weighted by Crippen LogP contribution is 2.03. The second-order valence-corrected chi connectivity index (χ2v) is 4.44. The van der Waals surface area contributed by atoms with Gasteiger partial charge in [0.1, 0.15) is 6.61 Å². The van der Waals surface area contributed by atoms with Crippen LogP contribution >= 0.6 is 0 Å². The summed E-state index contributed by atoms with van der Waals surface area (Å²) in [6.07, 6.45) is 1.34. The molecule has 1 aromatic rings. The molecule has 0 radical (unpaired) electrons. The van der Waals surface area contributed by atoms with Crippen LogP contribution in [0.15, 0.2) is 30.3 Å². The highest BCUT2D eigenvalue weighted by Gasteiger charge is 2.12. The fourth-order valence-corrected chi connectivity index (χ4v) is 1.65. The SMILES string of the molecule is NC(=O)COCCNC(=O)C(N)CCc1ccccc1. The monoisotopic (exact) mass is 279 g/mol. The third-order valence-corrected chi connectivity index (χ3v) is 2.71. The molecule has 5 N–H and O–H groups in total. The van der Waals surface area contributed by atoms with Gasteiger partial charge in [0.2, 0.25) is 11.8 Å². The zero-order chi connectivity index (χ0) is 14.8. The molecule has 6 heteroatoms. The lowest BCUT2D eigenvalue weighted by atomic mass is 10.1. The van der Waals surface area contributed by atoms with Crippen LogP contribution in [0.2, 0.25) is 0 Å². The van der Waals surface area contributed by atoms with Crippen LogP contribution < -0.4 is 16.8 Å². The Labute approximate surface area is 118 Å². The van der Waals surface area contributed by atoms with E-state index < -0.39 is 11.9 Å². The van der Waals surface area contributed by atoms with E-state index in [1.54, 1.807) is 0 Å². The molecule has 1 unspecified atom stereocenters. The molecule has 2 amide bonds. The molecule has 0 saturated carbocycles. The summed E-state index contributed by atoms with van der Waals surface area (Å²) in [6, 6.07) is 9.31. The topological polar surface area (TPSA) is 107 Å². The zero-order valence-electron chi connectivity index (χ0n) is 11.4. The lowest BCUT2D eigenvalue weighted by Crippen LogP contribution is -2.42. The van der Waals surface area contributed by atoms with Crippen molar-refractivity contribution in [3.05, 3.63) is 35.9 Å². The van der Waals surface area contributed by atoms with Crippen LogP contribution in [0.1, 0.15) is 12.0 Å². The maximum atomic E-state index is 11.7. The number of hydrogen-bond donors (Lipinski definition) is 3. The van der Waals surface area contributed by atoms with Crippen molar-refractivity contribution in [2.24, 2.45) is 11.5 Å². The molecule has 0 aliphatic carbocycles. The summed E-state index contributed by atoms with van der Waals surface area (Å²) in [6.45, 7) is 0.404. The van der Waals surface area contributed by atoms with E-state index >= 15 is 0 Å². The predicted octanol–water partition coefficient (Wildman–Crippen LogP) is -0.435. The summed E-state index contributed by atoms with van der Waals surface area (Å²) >= 11 is 0. The van der Waals surface area contributed by atoms with Crippen LogP contribution in [-0.2, 0) is 20.7 Å². The number of nitrogens with one attached hydrogen (secondary N) is 1. The van der Waals surface area contributed by atoms with Gasteiger partial charge >= 0.3 is 0 Å². The minimum absolute atomic E-state index is 0.143. The number of ether oxygens (including phenoxy) is 1. The fraction of sp³-hybridized carbons (Fsp3) is 0.429. The average Bonchev–Trinajstić information content (AvgIpc) is 2.45. The van der Waals surface area contributed by atoms with Gasteiger partial charge in [0.15, 0.2) is 0 Å². The number of rotatable bonds is 9. The molecule has 1 aromatic carbocycles. The van der Waals surface area contributed by atoms with E-state index in [9.17, 15) is 9.59 Å². The predicted molar refractivity (Wildman–Crippen MR) is 75.8 cm³/mol. The zero-order valence-corrected chi connectivity index (χ0v) is 11.4. The quantitative estimate of drug-likeness (QED) is 0.533. The molecule has 1 rings (SSSR count). The van der Waals surface area contributed by atoms with Gasteiger partial charge in [-0.2, -0.15) is 0 Å². The summed E-state index contributed by atoms with van der Waals surface area (Å²) in [4.78, 5) is 22.1. The summed E-state index contributed by atoms with van der Waals surface area (Å²) in [5.74, 6) is -0.750. The van der Waals surface area contributed by atoms with Crippen molar-refractivity contribution >= 4 is 11.8 Å². The van der Waals surface area contributed by atoms with Crippen LogP contribution in [0, 0.1) is 0 Å². The summed E-state index contributed by atoms with van der Waals surface area (Å²) in [5.41, 5.74) is 11.9. The van der Waals surface area contributed by atoms with E-state index in [2.05, 4.69) is 5.32 Å². The van der Waals surface area contributed by atoms with Crippen molar-refractivity contribution in [2.75, 3.05) is 19.8 Å². The van der Waals surface area contributed by atoms with Gasteiger partial charge in [-0.15, -0.1) is 0 Å². The number of carbonyl (C=O) groups is 2. The van der Waals surface area contributed by atoms with E-state index in [1.165, 1.54) is 0 Å². The highest BCUT2D eigenvalue weighted by molar-refractivity contribution is 5.81. The minimum atomic E-state index is -0.550. The number of nitrogens with two attached hydrogens (primary N) is 2. The third kappa shape index (κ3) is 6.86. The van der Waals surface area contributed by atoms with Crippen molar-refractivity contribution in [3.63, 3.8) is 0 Å². The maximum Gasteiger partial charge on any atom is 0.243 e. The van der Waals surface area contributed by atoms with Gasteiger partial charge in [0.25, 0.3) is 0 Å². The third-order valence-electron chi connectivity index (χ3n) is 2.71. The van der Waals surface area contributed by atoms with Gasteiger partial charge in [0, 0.05) is 6.54 Å². The van der Waals surface area contributed by atoms with Crippen molar-refractivity contribution in [1.82, 2.24) is 5.32 Å². The molecule has 0 aliphatic rings. The number of hydrogen-bond acceptors (Lipinski definition) is 4. The Morgan fingerprint density at radius 1 is 1.25 bits per heavy atom. The molecule has 0 fully saturated rings. The molecule has 0 aromatic heterocycles. The minimum Gasteiger partial charge on any atom is -0.370 e. The lowest BCUT2D eigenvalue weighted by Gasteiger charge is -2.12. The Hall–Kier alpha value is -1.92. The number of aryl methyl sites for hydroxylation is 1. The molecule has 0 aliphatic heterocycles. The fourth-order valence-electron chi connectivity index (χ4n) is 1.65. The molecule has 0 spiro atoms. The largest absolute Gasteiger partial charge is 0.370 e. The number of amides is 2. The first kappa shape index (κ1) is 16.1. The molecular formula is C14H21N3O3. The first-order valence-corrected chi connectivity index (χ1v) is 6.53. The van der Waals surface area contributed by atoms with Gasteiger partial charge in [-0.3, -0.25) is 9.59 Å². The molecule has 20 heavy (non-hydrogen) atoms. The second kappa shape index (κ2) is 9.06. The lowest BCUT2D eigenvalue weighted by molar-refractivity contribution is -0.123. The van der Waals surface area contributed by atoms with Crippen LogP contribution in [0.4, 0.5) is 0 Å². The van der Waals surface area contributed by atoms with E-state index in [4.69, 9.17) is 16.2 Å². The normalized spacial score (nSPS) is 11.8. The molecule has 0 heterocycles. The second-order valence-electron chi connectivity index (χ2n) is 4.44. The summed E-state index contributed by atoms with van der Waals surface area (Å²) < 4.78 is 4.92. The van der Waals surface area contributed by atoms with Crippen molar-refractivity contribution in [3.8, 4) is 0 Å². The maximum absolute atomic E-state index is 11.7. The summed E-state index contributed by atoms with van der Waals surface area (Å²) in [7, 11) is 0. The summed E-state index contributed by atoms with van der Waals surface area (Å²) in [5, 5.41) is 2.65. The van der Waals surface area contributed by atoms with Crippen molar-refractivity contribution in [2.45, 2.75) is 18.9 Å². The van der Waals surface area contributed by atoms with E-state index in [0.29, 0.717) is 13.0 Å². The van der Waals surface area contributed by atoms with Gasteiger partial charge in [-0.25, -0.2) is 0 Å². The van der Waals surface area contributed by atoms with E-state index in [1.807, 2.05) is 30.3 Å². The van der Waals surface area contributed by atoms with Crippen LogP contribution in [0.25, 0.3) is 0 Å². The highest BCUT2D eigenvalue weighted by atomic mass is 16.5. The molecule has 1 atom stereocenters. The number of primary amides is 1.